The molecule has 0 unspecified atom stereocenters. The third-order valence-corrected chi connectivity index (χ3v) is 5.65. The van der Waals surface area contributed by atoms with Gasteiger partial charge in [-0.05, 0) is 49.6 Å². The summed E-state index contributed by atoms with van der Waals surface area (Å²) in [7, 11) is 0. The zero-order valence-corrected chi connectivity index (χ0v) is 14.8. The molecule has 2 fully saturated rings. The van der Waals surface area contributed by atoms with E-state index in [1.165, 1.54) is 16.7 Å². The van der Waals surface area contributed by atoms with Crippen molar-refractivity contribution in [2.45, 2.75) is 32.9 Å². The summed E-state index contributed by atoms with van der Waals surface area (Å²) in [5.74, 6) is 0.353. The zero-order valence-electron chi connectivity index (χ0n) is 14.8. The maximum absolute atomic E-state index is 13.1. The maximum Gasteiger partial charge on any atom is 0.230 e. The molecular formula is C21H25N3O. The lowest BCUT2D eigenvalue weighted by molar-refractivity contribution is -0.136. The number of hydrogen-bond acceptors (Lipinski definition) is 3. The number of carbonyl (C=O) groups excluding carboxylic acids is 1. The van der Waals surface area contributed by atoms with Crippen LogP contribution in [-0.4, -0.2) is 40.3 Å². The van der Waals surface area contributed by atoms with Gasteiger partial charge in [-0.2, -0.15) is 0 Å². The Morgan fingerprint density at radius 3 is 2.64 bits per heavy atom. The number of pyridine rings is 1. The monoisotopic (exact) mass is 335 g/mol. The van der Waals surface area contributed by atoms with Crippen LogP contribution in [0.2, 0.25) is 0 Å². The molecule has 0 saturated carbocycles. The summed E-state index contributed by atoms with van der Waals surface area (Å²) in [5, 5.41) is 0. The van der Waals surface area contributed by atoms with Gasteiger partial charge in [-0.1, -0.05) is 29.8 Å². The molecule has 1 aromatic carbocycles. The number of rotatable bonds is 4. The van der Waals surface area contributed by atoms with Crippen LogP contribution in [0.1, 0.15) is 29.5 Å². The Balaban J connectivity index is 1.41. The first kappa shape index (κ1) is 16.3. The lowest BCUT2D eigenvalue weighted by Crippen LogP contribution is -2.36. The fraction of sp³-hybridized carbons (Fsp3) is 0.429. The van der Waals surface area contributed by atoms with Gasteiger partial charge in [0.05, 0.1) is 5.41 Å². The van der Waals surface area contributed by atoms with E-state index in [9.17, 15) is 4.79 Å². The fourth-order valence-corrected chi connectivity index (χ4v) is 4.29. The number of benzene rings is 1. The molecule has 2 aliphatic rings. The molecule has 130 valence electrons. The highest BCUT2D eigenvalue weighted by atomic mass is 16.2. The Labute approximate surface area is 149 Å². The van der Waals surface area contributed by atoms with Crippen LogP contribution in [-0.2, 0) is 17.9 Å². The lowest BCUT2D eigenvalue weighted by Gasteiger charge is -2.24. The maximum atomic E-state index is 13.1. The summed E-state index contributed by atoms with van der Waals surface area (Å²) in [6.45, 7) is 6.54. The number of aromatic nitrogens is 1. The highest BCUT2D eigenvalue weighted by Crippen LogP contribution is 2.41. The molecule has 25 heavy (non-hydrogen) atoms. The van der Waals surface area contributed by atoms with Crippen molar-refractivity contribution in [2.75, 3.05) is 19.6 Å². The number of carbonyl (C=O) groups is 1. The first-order valence-corrected chi connectivity index (χ1v) is 9.11. The highest BCUT2D eigenvalue weighted by molar-refractivity contribution is 5.85. The second kappa shape index (κ2) is 6.60. The van der Waals surface area contributed by atoms with Crippen molar-refractivity contribution in [1.82, 2.24) is 14.8 Å². The standard InChI is InChI=1S/C21H25N3O/c1-17-3-2-4-19(13-17)15-24-12-8-21(20(24)25)7-11-23(16-21)14-18-5-9-22-10-6-18/h2-6,9-10,13H,7-8,11-12,14-16H2,1H3/t21-/m1/s1. The Morgan fingerprint density at radius 2 is 1.84 bits per heavy atom. The molecule has 1 atom stereocenters. The van der Waals surface area contributed by atoms with E-state index in [1.807, 2.05) is 12.4 Å². The Kier molecular flexibility index (Phi) is 4.30. The number of amides is 1. The molecular weight excluding hydrogens is 310 g/mol. The molecule has 2 aromatic rings. The van der Waals surface area contributed by atoms with E-state index >= 15 is 0 Å². The summed E-state index contributed by atoms with van der Waals surface area (Å²) in [5.41, 5.74) is 3.60. The molecule has 0 radical (unpaired) electrons. The first-order valence-electron chi connectivity index (χ1n) is 9.11. The first-order chi connectivity index (χ1) is 12.1. The van der Waals surface area contributed by atoms with Crippen molar-refractivity contribution in [3.63, 3.8) is 0 Å². The second-order valence-corrected chi connectivity index (χ2v) is 7.56. The van der Waals surface area contributed by atoms with Crippen LogP contribution in [0.25, 0.3) is 0 Å². The SMILES string of the molecule is Cc1cccc(CN2CC[C@@]3(CCN(Cc4ccncc4)C3)C2=O)c1. The zero-order chi connectivity index (χ0) is 17.3. The molecule has 1 spiro atoms. The third-order valence-electron chi connectivity index (χ3n) is 5.65. The molecule has 4 heteroatoms. The van der Waals surface area contributed by atoms with E-state index in [1.54, 1.807) is 0 Å². The topological polar surface area (TPSA) is 36.4 Å². The quantitative estimate of drug-likeness (QED) is 0.862. The molecule has 1 amide bonds. The van der Waals surface area contributed by atoms with Crippen molar-refractivity contribution in [1.29, 1.82) is 0 Å². The number of nitrogens with zero attached hydrogens (tertiary/aromatic N) is 3. The van der Waals surface area contributed by atoms with Gasteiger partial charge >= 0.3 is 0 Å². The van der Waals surface area contributed by atoms with Crippen molar-refractivity contribution < 1.29 is 4.79 Å². The Morgan fingerprint density at radius 1 is 1.04 bits per heavy atom. The summed E-state index contributed by atoms with van der Waals surface area (Å²) in [6, 6.07) is 12.6. The minimum atomic E-state index is -0.156. The molecule has 2 aliphatic heterocycles. The van der Waals surface area contributed by atoms with Crippen LogP contribution in [0.3, 0.4) is 0 Å². The van der Waals surface area contributed by atoms with Gasteiger partial charge in [0.25, 0.3) is 0 Å². The molecule has 4 nitrogen and oxygen atoms in total. The van der Waals surface area contributed by atoms with Crippen molar-refractivity contribution in [3.05, 3.63) is 65.5 Å². The average Bonchev–Trinajstić information content (AvgIpc) is 3.15. The van der Waals surface area contributed by atoms with Gasteiger partial charge in [-0.25, -0.2) is 0 Å². The minimum absolute atomic E-state index is 0.156. The molecule has 0 bridgehead atoms. The smallest absolute Gasteiger partial charge is 0.230 e. The third kappa shape index (κ3) is 3.31. The summed E-state index contributed by atoms with van der Waals surface area (Å²) in [4.78, 5) is 21.7. The number of aryl methyl sites for hydroxylation is 1. The number of hydrogen-bond donors (Lipinski definition) is 0. The summed E-state index contributed by atoms with van der Waals surface area (Å²) >= 11 is 0. The predicted octanol–water partition coefficient (Wildman–Crippen LogP) is 3.01. The van der Waals surface area contributed by atoms with Crippen LogP contribution in [0.15, 0.2) is 48.8 Å². The van der Waals surface area contributed by atoms with Gasteiger partial charge in [0.2, 0.25) is 5.91 Å². The van der Waals surface area contributed by atoms with E-state index in [-0.39, 0.29) is 5.41 Å². The van der Waals surface area contributed by atoms with Gasteiger partial charge in [-0.15, -0.1) is 0 Å². The van der Waals surface area contributed by atoms with Gasteiger partial charge in [0, 0.05) is 38.6 Å². The van der Waals surface area contributed by atoms with E-state index in [4.69, 9.17) is 0 Å². The Hall–Kier alpha value is -2.20. The van der Waals surface area contributed by atoms with Crippen molar-refractivity contribution in [2.24, 2.45) is 5.41 Å². The van der Waals surface area contributed by atoms with Crippen molar-refractivity contribution >= 4 is 5.91 Å². The van der Waals surface area contributed by atoms with E-state index < -0.39 is 0 Å². The average molecular weight is 335 g/mol. The molecule has 1 aromatic heterocycles. The van der Waals surface area contributed by atoms with Crippen LogP contribution < -0.4 is 0 Å². The molecule has 3 heterocycles. The molecule has 0 N–H and O–H groups in total. The van der Waals surface area contributed by atoms with E-state index in [0.717, 1.165) is 45.6 Å². The van der Waals surface area contributed by atoms with Gasteiger partial charge in [0.15, 0.2) is 0 Å². The largest absolute Gasteiger partial charge is 0.338 e. The van der Waals surface area contributed by atoms with Crippen LogP contribution in [0.4, 0.5) is 0 Å². The van der Waals surface area contributed by atoms with Gasteiger partial charge in [0.1, 0.15) is 0 Å². The van der Waals surface area contributed by atoms with Crippen molar-refractivity contribution in [3.8, 4) is 0 Å². The summed E-state index contributed by atoms with van der Waals surface area (Å²) in [6.07, 6.45) is 5.66. The minimum Gasteiger partial charge on any atom is -0.338 e. The van der Waals surface area contributed by atoms with Crippen LogP contribution >= 0.6 is 0 Å². The molecule has 2 saturated heterocycles. The van der Waals surface area contributed by atoms with Crippen LogP contribution in [0, 0.1) is 12.3 Å². The highest BCUT2D eigenvalue weighted by Gasteiger charge is 2.50. The van der Waals surface area contributed by atoms with Gasteiger partial charge < -0.3 is 4.90 Å². The molecule has 4 rings (SSSR count). The Bertz CT molecular complexity index is 761. The van der Waals surface area contributed by atoms with Gasteiger partial charge in [-0.3, -0.25) is 14.7 Å². The molecule has 0 aliphatic carbocycles. The van der Waals surface area contributed by atoms with Crippen LogP contribution in [0.5, 0.6) is 0 Å². The number of likely N-dealkylation sites (tertiary alicyclic amines) is 2. The van der Waals surface area contributed by atoms with E-state index in [0.29, 0.717) is 5.91 Å². The summed E-state index contributed by atoms with van der Waals surface area (Å²) < 4.78 is 0. The second-order valence-electron chi connectivity index (χ2n) is 7.56. The lowest BCUT2D eigenvalue weighted by atomic mass is 9.85. The normalized spacial score (nSPS) is 23.7. The fourth-order valence-electron chi connectivity index (χ4n) is 4.29. The van der Waals surface area contributed by atoms with E-state index in [2.05, 4.69) is 58.1 Å². The predicted molar refractivity (Wildman–Crippen MR) is 97.8 cm³/mol.